The smallest absolute Gasteiger partial charge is 0.131 e. The second-order valence-corrected chi connectivity index (χ2v) is 3.84. The molecular weight excluding hydrogens is 224 g/mol. The van der Waals surface area contributed by atoms with E-state index in [2.05, 4.69) is 5.32 Å². The molecule has 0 spiro atoms. The Bertz CT molecular complexity index is 522. The van der Waals surface area contributed by atoms with E-state index in [-0.39, 0.29) is 0 Å². The molecule has 1 N–H and O–H groups in total. The normalized spacial score (nSPS) is 12.7. The number of halogens is 2. The highest BCUT2D eigenvalue weighted by Gasteiger charge is 2.19. The minimum Gasteiger partial charge on any atom is -0.464 e. The summed E-state index contributed by atoms with van der Waals surface area (Å²) in [7, 11) is 1.70. The molecule has 2 rings (SSSR count). The summed E-state index contributed by atoms with van der Waals surface area (Å²) in [6.45, 7) is 1.82. The molecule has 0 saturated heterocycles. The van der Waals surface area contributed by atoms with E-state index in [1.165, 1.54) is 12.1 Å². The Balaban J connectivity index is 2.42. The first kappa shape index (κ1) is 11.8. The van der Waals surface area contributed by atoms with Gasteiger partial charge in [-0.3, -0.25) is 0 Å². The molecule has 1 unspecified atom stereocenters. The first-order valence-corrected chi connectivity index (χ1v) is 5.30. The van der Waals surface area contributed by atoms with Crippen LogP contribution in [0.15, 0.2) is 34.7 Å². The predicted octanol–water partition coefficient (Wildman–Crippen LogP) is 3.18. The van der Waals surface area contributed by atoms with E-state index in [9.17, 15) is 8.78 Å². The SMILES string of the molecule is CNC(c1ccc(C)o1)c1ccc(F)cc1F. The Morgan fingerprint density at radius 1 is 1.18 bits per heavy atom. The van der Waals surface area contributed by atoms with Gasteiger partial charge in [0.05, 0.1) is 6.04 Å². The summed E-state index contributed by atoms with van der Waals surface area (Å²) in [5.74, 6) is 0.188. The molecule has 0 saturated carbocycles. The quantitative estimate of drug-likeness (QED) is 0.887. The zero-order valence-electron chi connectivity index (χ0n) is 9.63. The highest BCUT2D eigenvalue weighted by molar-refractivity contribution is 5.29. The van der Waals surface area contributed by atoms with Crippen LogP contribution in [0.4, 0.5) is 8.78 Å². The molecule has 17 heavy (non-hydrogen) atoms. The average Bonchev–Trinajstić information content (AvgIpc) is 2.69. The van der Waals surface area contributed by atoms with Gasteiger partial charge < -0.3 is 9.73 Å². The number of hydrogen-bond donors (Lipinski definition) is 1. The maximum Gasteiger partial charge on any atom is 0.131 e. The monoisotopic (exact) mass is 237 g/mol. The second kappa shape index (κ2) is 4.67. The molecule has 0 aliphatic carbocycles. The third-order valence-corrected chi connectivity index (χ3v) is 2.61. The Morgan fingerprint density at radius 3 is 2.47 bits per heavy atom. The summed E-state index contributed by atoms with van der Waals surface area (Å²) < 4.78 is 31.9. The highest BCUT2D eigenvalue weighted by Crippen LogP contribution is 2.26. The van der Waals surface area contributed by atoms with Gasteiger partial charge in [-0.05, 0) is 32.2 Å². The summed E-state index contributed by atoms with van der Waals surface area (Å²) in [5, 5.41) is 2.95. The summed E-state index contributed by atoms with van der Waals surface area (Å²) in [6.07, 6.45) is 0. The van der Waals surface area contributed by atoms with Crippen LogP contribution in [0.3, 0.4) is 0 Å². The maximum absolute atomic E-state index is 13.7. The Labute approximate surface area is 98.3 Å². The van der Waals surface area contributed by atoms with Gasteiger partial charge in [0, 0.05) is 11.6 Å². The van der Waals surface area contributed by atoms with Gasteiger partial charge in [0.1, 0.15) is 23.2 Å². The van der Waals surface area contributed by atoms with Crippen LogP contribution in [0.5, 0.6) is 0 Å². The molecule has 0 radical (unpaired) electrons. The summed E-state index contributed by atoms with van der Waals surface area (Å²) in [5.41, 5.74) is 0.364. The molecule has 0 aliphatic rings. The number of furan rings is 1. The molecule has 4 heteroatoms. The van der Waals surface area contributed by atoms with Gasteiger partial charge in [0.2, 0.25) is 0 Å². The fraction of sp³-hybridized carbons (Fsp3) is 0.231. The molecular formula is C13H13F2NO. The molecule has 1 aromatic heterocycles. The summed E-state index contributed by atoms with van der Waals surface area (Å²) >= 11 is 0. The Morgan fingerprint density at radius 2 is 1.94 bits per heavy atom. The Kier molecular flexibility index (Phi) is 3.24. The first-order valence-electron chi connectivity index (χ1n) is 5.30. The zero-order valence-corrected chi connectivity index (χ0v) is 9.63. The molecule has 2 aromatic rings. The van der Waals surface area contributed by atoms with Crippen LogP contribution >= 0.6 is 0 Å². The van der Waals surface area contributed by atoms with Gasteiger partial charge in [-0.25, -0.2) is 8.78 Å². The third-order valence-electron chi connectivity index (χ3n) is 2.61. The third kappa shape index (κ3) is 2.36. The van der Waals surface area contributed by atoms with E-state index in [0.29, 0.717) is 11.3 Å². The van der Waals surface area contributed by atoms with Crippen LogP contribution in [-0.4, -0.2) is 7.05 Å². The van der Waals surface area contributed by atoms with Crippen LogP contribution in [0.25, 0.3) is 0 Å². The Hall–Kier alpha value is -1.68. The van der Waals surface area contributed by atoms with Crippen LogP contribution in [-0.2, 0) is 0 Å². The fourth-order valence-corrected chi connectivity index (χ4v) is 1.80. The number of benzene rings is 1. The standard InChI is InChI=1S/C13H13F2NO/c1-8-3-6-12(17-8)13(16-2)10-5-4-9(14)7-11(10)15/h3-7,13,16H,1-2H3. The number of rotatable bonds is 3. The van der Waals surface area contributed by atoms with Crippen molar-refractivity contribution in [2.75, 3.05) is 7.05 Å². The number of hydrogen-bond acceptors (Lipinski definition) is 2. The van der Waals surface area contributed by atoms with Crippen molar-refractivity contribution < 1.29 is 13.2 Å². The lowest BCUT2D eigenvalue weighted by molar-refractivity contribution is 0.434. The molecule has 0 aliphatic heterocycles. The second-order valence-electron chi connectivity index (χ2n) is 3.84. The predicted molar refractivity (Wildman–Crippen MR) is 60.7 cm³/mol. The molecule has 1 heterocycles. The minimum absolute atomic E-state index is 0.364. The fourth-order valence-electron chi connectivity index (χ4n) is 1.80. The molecule has 1 aromatic carbocycles. The lowest BCUT2D eigenvalue weighted by Gasteiger charge is -2.14. The van der Waals surface area contributed by atoms with E-state index in [1.54, 1.807) is 19.2 Å². The molecule has 1 atom stereocenters. The average molecular weight is 237 g/mol. The molecule has 90 valence electrons. The summed E-state index contributed by atoms with van der Waals surface area (Å²) in [6, 6.07) is 6.70. The van der Waals surface area contributed by atoms with Crippen molar-refractivity contribution in [3.05, 3.63) is 59.1 Å². The van der Waals surface area contributed by atoms with Crippen molar-refractivity contribution in [2.24, 2.45) is 0 Å². The molecule has 0 fully saturated rings. The van der Waals surface area contributed by atoms with Crippen LogP contribution in [0.1, 0.15) is 23.1 Å². The highest BCUT2D eigenvalue weighted by atomic mass is 19.1. The van der Waals surface area contributed by atoms with E-state index in [0.717, 1.165) is 11.8 Å². The van der Waals surface area contributed by atoms with Crippen molar-refractivity contribution >= 4 is 0 Å². The molecule has 0 bridgehead atoms. The summed E-state index contributed by atoms with van der Waals surface area (Å²) in [4.78, 5) is 0. The van der Waals surface area contributed by atoms with Crippen molar-refractivity contribution in [3.8, 4) is 0 Å². The largest absolute Gasteiger partial charge is 0.464 e. The van der Waals surface area contributed by atoms with Crippen molar-refractivity contribution in [1.82, 2.24) is 5.32 Å². The molecule has 2 nitrogen and oxygen atoms in total. The lowest BCUT2D eigenvalue weighted by atomic mass is 10.0. The maximum atomic E-state index is 13.7. The van der Waals surface area contributed by atoms with Gasteiger partial charge in [0.15, 0.2) is 0 Å². The van der Waals surface area contributed by atoms with Crippen LogP contribution < -0.4 is 5.32 Å². The van der Waals surface area contributed by atoms with E-state index >= 15 is 0 Å². The zero-order chi connectivity index (χ0) is 12.4. The van der Waals surface area contributed by atoms with Crippen molar-refractivity contribution in [2.45, 2.75) is 13.0 Å². The van der Waals surface area contributed by atoms with Crippen LogP contribution in [0, 0.1) is 18.6 Å². The number of nitrogens with one attached hydrogen (secondary N) is 1. The van der Waals surface area contributed by atoms with Crippen LogP contribution in [0.2, 0.25) is 0 Å². The van der Waals surface area contributed by atoms with E-state index < -0.39 is 17.7 Å². The number of aryl methyl sites for hydroxylation is 1. The van der Waals surface area contributed by atoms with E-state index in [1.807, 2.05) is 6.92 Å². The van der Waals surface area contributed by atoms with Gasteiger partial charge >= 0.3 is 0 Å². The first-order chi connectivity index (χ1) is 8.11. The van der Waals surface area contributed by atoms with Gasteiger partial charge in [-0.1, -0.05) is 6.07 Å². The van der Waals surface area contributed by atoms with E-state index in [4.69, 9.17) is 4.42 Å². The van der Waals surface area contributed by atoms with Crippen molar-refractivity contribution in [3.63, 3.8) is 0 Å². The molecule has 0 amide bonds. The van der Waals surface area contributed by atoms with Crippen molar-refractivity contribution in [1.29, 1.82) is 0 Å². The van der Waals surface area contributed by atoms with Gasteiger partial charge in [-0.2, -0.15) is 0 Å². The van der Waals surface area contributed by atoms with Gasteiger partial charge in [-0.15, -0.1) is 0 Å². The minimum atomic E-state index is -0.586. The van der Waals surface area contributed by atoms with Gasteiger partial charge in [0.25, 0.3) is 0 Å². The lowest BCUT2D eigenvalue weighted by Crippen LogP contribution is -2.18. The topological polar surface area (TPSA) is 25.2 Å².